The molecule has 0 heterocycles. The van der Waals surface area contributed by atoms with Gasteiger partial charge in [-0.1, -0.05) is 18.2 Å². The highest BCUT2D eigenvalue weighted by Crippen LogP contribution is 2.29. The van der Waals surface area contributed by atoms with E-state index < -0.39 is 9.05 Å². The number of benzene rings is 1. The number of hydrogen-bond acceptors (Lipinski definition) is 3. The lowest BCUT2D eigenvalue weighted by molar-refractivity contribution is 0.343. The first-order chi connectivity index (χ1) is 7.30. The Morgan fingerprint density at radius 1 is 1.50 bits per heavy atom. The summed E-state index contributed by atoms with van der Waals surface area (Å²) >= 11 is 5.69. The molecule has 0 amide bonds. The van der Waals surface area contributed by atoms with E-state index in [9.17, 15) is 8.42 Å². The van der Waals surface area contributed by atoms with Crippen molar-refractivity contribution in [2.45, 2.75) is 11.8 Å². The fourth-order valence-corrected chi connectivity index (χ4v) is 2.23. The molecule has 0 atom stereocenters. The van der Waals surface area contributed by atoms with E-state index in [-0.39, 0.29) is 22.3 Å². The van der Waals surface area contributed by atoms with Gasteiger partial charge in [0.15, 0.2) is 0 Å². The third-order valence-electron chi connectivity index (χ3n) is 1.64. The molecule has 0 aliphatic rings. The normalized spacial score (nSPS) is 11.2. The predicted molar refractivity (Wildman–Crippen MR) is 64.8 cm³/mol. The van der Waals surface area contributed by atoms with Crippen LogP contribution in [-0.4, -0.2) is 15.0 Å². The molecule has 16 heavy (non-hydrogen) atoms. The molecule has 0 unspecified atom stereocenters. The van der Waals surface area contributed by atoms with Gasteiger partial charge in [0.25, 0.3) is 9.05 Å². The van der Waals surface area contributed by atoms with Gasteiger partial charge >= 0.3 is 0 Å². The van der Waals surface area contributed by atoms with E-state index in [0.29, 0.717) is 0 Å². The van der Waals surface area contributed by atoms with E-state index in [1.54, 1.807) is 6.92 Å². The Balaban J connectivity index is 3.13. The molecule has 1 aromatic carbocycles. The van der Waals surface area contributed by atoms with Gasteiger partial charge in [0.1, 0.15) is 17.3 Å². The van der Waals surface area contributed by atoms with Crippen LogP contribution in [0, 0.1) is 0 Å². The zero-order valence-corrected chi connectivity index (χ0v) is 10.9. The van der Waals surface area contributed by atoms with Gasteiger partial charge < -0.3 is 4.74 Å². The molecule has 0 N–H and O–H groups in total. The summed E-state index contributed by atoms with van der Waals surface area (Å²) in [5.74, 6) is 0.169. The van der Waals surface area contributed by atoms with Gasteiger partial charge in [-0.15, -0.1) is 0 Å². The van der Waals surface area contributed by atoms with Crippen molar-refractivity contribution in [3.63, 3.8) is 0 Å². The molecule has 0 aliphatic carbocycles. The average Bonchev–Trinajstić information content (AvgIpc) is 2.14. The van der Waals surface area contributed by atoms with Crippen LogP contribution >= 0.6 is 22.3 Å². The van der Waals surface area contributed by atoms with Crippen LogP contribution in [0.5, 0.6) is 5.75 Å². The van der Waals surface area contributed by atoms with Crippen LogP contribution < -0.4 is 4.74 Å². The SMILES string of the molecule is C=C(C)COc1ccc(Cl)cc1S(=O)(=O)Cl. The van der Waals surface area contributed by atoms with Crippen LogP contribution in [0.3, 0.4) is 0 Å². The molecule has 1 aromatic rings. The third-order valence-corrected chi connectivity index (χ3v) is 3.22. The number of ether oxygens (including phenoxy) is 1. The molecule has 3 nitrogen and oxygen atoms in total. The largest absolute Gasteiger partial charge is 0.488 e. The standard InChI is InChI=1S/C10H10Cl2O3S/c1-7(2)6-15-9-4-3-8(11)5-10(9)16(12,13)14/h3-5H,1,6H2,2H3. The van der Waals surface area contributed by atoms with Crippen molar-refractivity contribution in [1.82, 2.24) is 0 Å². The Labute approximate surface area is 104 Å². The third kappa shape index (κ3) is 3.70. The zero-order valence-electron chi connectivity index (χ0n) is 8.54. The van der Waals surface area contributed by atoms with E-state index >= 15 is 0 Å². The minimum Gasteiger partial charge on any atom is -0.488 e. The van der Waals surface area contributed by atoms with Gasteiger partial charge in [-0.25, -0.2) is 8.42 Å². The second kappa shape index (κ2) is 5.08. The number of hydrogen-bond donors (Lipinski definition) is 0. The van der Waals surface area contributed by atoms with Crippen LogP contribution in [0.15, 0.2) is 35.2 Å². The molecule has 0 radical (unpaired) electrons. The van der Waals surface area contributed by atoms with Crippen LogP contribution in [0.2, 0.25) is 5.02 Å². The maximum absolute atomic E-state index is 11.3. The van der Waals surface area contributed by atoms with Gasteiger partial charge in [0, 0.05) is 15.7 Å². The highest BCUT2D eigenvalue weighted by atomic mass is 35.7. The van der Waals surface area contributed by atoms with E-state index in [2.05, 4.69) is 6.58 Å². The molecule has 0 spiro atoms. The van der Waals surface area contributed by atoms with Crippen molar-refractivity contribution in [1.29, 1.82) is 0 Å². The lowest BCUT2D eigenvalue weighted by Gasteiger charge is -2.09. The molecule has 0 fully saturated rings. The van der Waals surface area contributed by atoms with Crippen molar-refractivity contribution >= 4 is 31.3 Å². The highest BCUT2D eigenvalue weighted by Gasteiger charge is 2.17. The smallest absolute Gasteiger partial charge is 0.265 e. The molecular formula is C10H10Cl2O3S. The summed E-state index contributed by atoms with van der Waals surface area (Å²) in [6.45, 7) is 5.64. The van der Waals surface area contributed by atoms with Crippen molar-refractivity contribution in [3.05, 3.63) is 35.4 Å². The fourth-order valence-electron chi connectivity index (χ4n) is 0.993. The van der Waals surface area contributed by atoms with Crippen LogP contribution in [0.25, 0.3) is 0 Å². The van der Waals surface area contributed by atoms with Crippen molar-refractivity contribution < 1.29 is 13.2 Å². The molecule has 0 aliphatic heterocycles. The van der Waals surface area contributed by atoms with Gasteiger partial charge in [0.05, 0.1) is 0 Å². The molecule has 0 bridgehead atoms. The minimum absolute atomic E-state index is 0.136. The lowest BCUT2D eigenvalue weighted by Crippen LogP contribution is -2.02. The summed E-state index contributed by atoms with van der Waals surface area (Å²) < 4.78 is 27.8. The summed E-state index contributed by atoms with van der Waals surface area (Å²) in [6, 6.07) is 4.24. The molecule has 0 saturated carbocycles. The first kappa shape index (κ1) is 13.4. The molecular weight excluding hydrogens is 271 g/mol. The van der Waals surface area contributed by atoms with Crippen molar-refractivity contribution in [2.24, 2.45) is 0 Å². The molecule has 0 saturated heterocycles. The molecule has 6 heteroatoms. The van der Waals surface area contributed by atoms with E-state index in [1.807, 2.05) is 0 Å². The fraction of sp³-hybridized carbons (Fsp3) is 0.200. The summed E-state index contributed by atoms with van der Waals surface area (Å²) in [4.78, 5) is -0.136. The Bertz CT molecular complexity index is 509. The summed E-state index contributed by atoms with van der Waals surface area (Å²) in [7, 11) is 1.39. The maximum Gasteiger partial charge on any atom is 0.265 e. The number of halogens is 2. The second-order valence-electron chi connectivity index (χ2n) is 3.27. The van der Waals surface area contributed by atoms with Crippen LogP contribution in [0.4, 0.5) is 0 Å². The lowest BCUT2D eigenvalue weighted by atomic mass is 10.3. The van der Waals surface area contributed by atoms with E-state index in [1.165, 1.54) is 18.2 Å². The second-order valence-corrected chi connectivity index (χ2v) is 6.25. The Kier molecular flexibility index (Phi) is 4.24. The molecule has 1 rings (SSSR count). The van der Waals surface area contributed by atoms with E-state index in [4.69, 9.17) is 27.0 Å². The highest BCUT2D eigenvalue weighted by molar-refractivity contribution is 8.13. The monoisotopic (exact) mass is 280 g/mol. The summed E-state index contributed by atoms with van der Waals surface area (Å²) in [5, 5.41) is 0.280. The Hall–Kier alpha value is -0.710. The number of rotatable bonds is 4. The van der Waals surface area contributed by atoms with E-state index in [0.717, 1.165) is 5.57 Å². The van der Waals surface area contributed by atoms with Crippen LogP contribution in [0.1, 0.15) is 6.92 Å². The first-order valence-electron chi connectivity index (χ1n) is 4.32. The average molecular weight is 281 g/mol. The molecule has 88 valence electrons. The van der Waals surface area contributed by atoms with Crippen molar-refractivity contribution in [3.8, 4) is 5.75 Å². The Morgan fingerprint density at radius 3 is 2.62 bits per heavy atom. The topological polar surface area (TPSA) is 43.4 Å². The summed E-state index contributed by atoms with van der Waals surface area (Å²) in [6.07, 6.45) is 0. The van der Waals surface area contributed by atoms with Gasteiger partial charge in [-0.2, -0.15) is 0 Å². The predicted octanol–water partition coefficient (Wildman–Crippen LogP) is 3.22. The van der Waals surface area contributed by atoms with Crippen LogP contribution in [-0.2, 0) is 9.05 Å². The minimum atomic E-state index is -3.87. The maximum atomic E-state index is 11.3. The molecule has 0 aromatic heterocycles. The summed E-state index contributed by atoms with van der Waals surface area (Å²) in [5.41, 5.74) is 0.771. The van der Waals surface area contributed by atoms with Gasteiger partial charge in [-0.3, -0.25) is 0 Å². The first-order valence-corrected chi connectivity index (χ1v) is 7.01. The van der Waals surface area contributed by atoms with Gasteiger partial charge in [-0.05, 0) is 30.7 Å². The quantitative estimate of drug-likeness (QED) is 0.628. The van der Waals surface area contributed by atoms with Gasteiger partial charge in [0.2, 0.25) is 0 Å². The Morgan fingerprint density at radius 2 is 2.12 bits per heavy atom. The zero-order chi connectivity index (χ0) is 12.3. The van der Waals surface area contributed by atoms with Crippen molar-refractivity contribution in [2.75, 3.05) is 6.61 Å².